The third-order valence-electron chi connectivity index (χ3n) is 15.5. The maximum atomic E-state index is 10.3. The fraction of sp³-hybridized carbons (Fsp3) is 0.214. The Labute approximate surface area is 717 Å². The first-order chi connectivity index (χ1) is 53.9. The molecule has 0 fully saturated rings. The first kappa shape index (κ1) is 96.5. The molecule has 0 spiro atoms. The monoisotopic (exact) mass is 1860 g/mol. The Morgan fingerprint density at radius 3 is 0.482 bits per heavy atom. The summed E-state index contributed by atoms with van der Waals surface area (Å²) >= 11 is 0. The zero-order valence-electron chi connectivity index (χ0n) is 64.0. The van der Waals surface area contributed by atoms with E-state index in [0.29, 0.717) is 102 Å². The molecule has 114 heavy (non-hydrogen) atoms. The summed E-state index contributed by atoms with van der Waals surface area (Å²) in [6, 6.07) is 54.0. The minimum atomic E-state index is -1.11. The summed E-state index contributed by atoms with van der Waals surface area (Å²) < 4.78 is 60.2. The molecule has 4 aromatic heterocycles. The molecule has 0 aliphatic carbocycles. The summed E-state index contributed by atoms with van der Waals surface area (Å²) in [5, 5.41) is 66.6. The largest absolute Gasteiger partial charge is 3.00 e. The predicted octanol–water partition coefficient (Wildman–Crippen LogP) is 5.54. The molecule has 2 radical (unpaired) electrons. The van der Waals surface area contributed by atoms with Gasteiger partial charge in [0.1, 0.15) is 0 Å². The fourth-order valence-electron chi connectivity index (χ4n) is 10.3. The molecule has 12 aromatic rings. The van der Waals surface area contributed by atoms with Crippen LogP contribution in [0.1, 0.15) is 33.4 Å². The number of fused-ring (bicyclic) bond motifs is 6. The van der Waals surface area contributed by atoms with Crippen molar-refractivity contribution in [2.45, 2.75) is 38.5 Å². The molecule has 606 valence electrons. The van der Waals surface area contributed by atoms with E-state index in [-0.39, 0.29) is 113 Å². The second kappa shape index (κ2) is 51.8. The van der Waals surface area contributed by atoms with Crippen LogP contribution in [-0.4, -0.2) is 141 Å². The number of carbonyl (C=O) groups excluding carboxylic acids is 6. The number of carboxylic acids is 6. The summed E-state index contributed by atoms with van der Waals surface area (Å²) in [7, 11) is 18.1. The Hall–Kier alpha value is -11.7. The van der Waals surface area contributed by atoms with Crippen LogP contribution in [-0.2, 0) is 67.3 Å². The number of hydrogen-bond donors (Lipinski definition) is 0. The van der Waals surface area contributed by atoms with Gasteiger partial charge in [-0.2, -0.15) is 0 Å². The van der Waals surface area contributed by atoms with Gasteiger partial charge in [0.15, 0.2) is 69.0 Å². The Morgan fingerprint density at radius 2 is 0.360 bits per heavy atom. The number of pyridine rings is 4. The molecular formula is C84H82Er2N4O24. The molecular weight excluding hydrogens is 1780 g/mol. The van der Waals surface area contributed by atoms with Gasteiger partial charge >= 0.3 is 74.6 Å². The van der Waals surface area contributed by atoms with Crippen LogP contribution in [0.15, 0.2) is 207 Å². The maximum absolute atomic E-state index is 10.3. The molecule has 0 unspecified atom stereocenters. The molecule has 0 N–H and O–H groups in total. The molecule has 0 bridgehead atoms. The molecule has 0 aliphatic rings. The van der Waals surface area contributed by atoms with Crippen LogP contribution in [0.3, 0.4) is 0 Å². The van der Waals surface area contributed by atoms with E-state index in [1.54, 1.807) is 134 Å². The number of ether oxygens (including phenoxy) is 12. The van der Waals surface area contributed by atoms with Gasteiger partial charge in [-0.25, -0.2) is 0 Å². The fourth-order valence-corrected chi connectivity index (χ4v) is 10.3. The zero-order valence-corrected chi connectivity index (χ0v) is 67.7. The number of rotatable bonds is 24. The van der Waals surface area contributed by atoms with Crippen LogP contribution in [0, 0.1) is 74.6 Å². The number of carbonyl (C=O) groups is 6. The van der Waals surface area contributed by atoms with E-state index in [1.807, 2.05) is 24.3 Å². The molecule has 0 aliphatic heterocycles. The van der Waals surface area contributed by atoms with Crippen LogP contribution in [0.4, 0.5) is 0 Å². The van der Waals surface area contributed by atoms with E-state index in [1.165, 1.54) is 85.3 Å². The molecule has 8 aromatic carbocycles. The van der Waals surface area contributed by atoms with Gasteiger partial charge in [-0.05, 0) is 130 Å². The van der Waals surface area contributed by atoms with E-state index < -0.39 is 35.8 Å². The minimum Gasteiger partial charge on any atom is -0.550 e. The second-order valence-corrected chi connectivity index (χ2v) is 22.9. The number of hydrogen-bond acceptors (Lipinski definition) is 28. The predicted molar refractivity (Wildman–Crippen MR) is 404 cm³/mol. The van der Waals surface area contributed by atoms with Crippen LogP contribution in [0.5, 0.6) is 69.0 Å². The van der Waals surface area contributed by atoms with Gasteiger partial charge in [-0.3, -0.25) is 19.9 Å². The van der Waals surface area contributed by atoms with Crippen molar-refractivity contribution < 1.29 is 191 Å². The summed E-state index contributed by atoms with van der Waals surface area (Å²) in [6.07, 6.45) is 6.46. The SMILES string of the molecule is COc1ccc(CC(=O)[O-])cc1OC.COc1ccc(CC(=O)[O-])cc1OC.COc1ccc(CC(=O)[O-])cc1OC.COc1ccc(CC(=O)[O-])cc1OC.COc1ccc(CC(=O)[O-])cc1OC.COc1ccc(CC(=O)[O-])cc1OC.[Er+3].[Er+3].c1cnc2c(c1)ccc1cccnc12.c1cnc2c(c1)ccc1cccnc12. The Morgan fingerprint density at radius 1 is 0.219 bits per heavy atom. The molecule has 30 heteroatoms. The van der Waals surface area contributed by atoms with Crippen LogP contribution in [0.25, 0.3) is 43.6 Å². The number of aliphatic carboxylic acids is 6. The Kier molecular flexibility index (Phi) is 43.8. The standard InChI is InChI=1S/2C12H8N2.6C10H12O4.2Er/c2*1-3-9-5-6-10-4-2-8-14-12(10)11(9)13-7-1;6*1-13-8-4-3-7(6-10(11)12)5-9(8)14-2;;/h2*1-8H;6*3-5H,6H2,1-2H3,(H,11,12);;/q;;;;;;;;2*+3/p-6. The van der Waals surface area contributed by atoms with Gasteiger partial charge in [0, 0.05) is 121 Å². The maximum Gasteiger partial charge on any atom is 3.00 e. The zero-order chi connectivity index (χ0) is 82.1. The van der Waals surface area contributed by atoms with Gasteiger partial charge in [-0.1, -0.05) is 84.9 Å². The van der Waals surface area contributed by atoms with Crippen molar-refractivity contribution in [3.8, 4) is 69.0 Å². The first-order valence-corrected chi connectivity index (χ1v) is 33.5. The molecule has 0 atom stereocenters. The van der Waals surface area contributed by atoms with Crippen LogP contribution >= 0.6 is 0 Å². The summed E-state index contributed by atoms with van der Waals surface area (Å²) in [5.41, 5.74) is 7.67. The third-order valence-corrected chi connectivity index (χ3v) is 15.5. The average Bonchev–Trinajstić information content (AvgIpc) is 0.800. The van der Waals surface area contributed by atoms with Crippen LogP contribution < -0.4 is 87.5 Å². The summed E-state index contributed by atoms with van der Waals surface area (Å²) in [6.45, 7) is 0. The normalized spacial score (nSPS) is 9.72. The van der Waals surface area contributed by atoms with Crippen molar-refractivity contribution >= 4 is 79.4 Å². The van der Waals surface area contributed by atoms with Crippen molar-refractivity contribution in [1.82, 2.24) is 19.9 Å². The smallest absolute Gasteiger partial charge is 0.550 e. The van der Waals surface area contributed by atoms with Gasteiger partial charge in [-0.15, -0.1) is 0 Å². The molecule has 0 amide bonds. The number of methoxy groups -OCH3 is 12. The first-order valence-electron chi connectivity index (χ1n) is 33.5. The van der Waals surface area contributed by atoms with Crippen LogP contribution in [0.2, 0.25) is 0 Å². The number of benzene rings is 8. The average molecular weight is 1870 g/mol. The molecule has 0 saturated carbocycles. The number of nitrogens with zero attached hydrogens (tertiary/aromatic N) is 4. The van der Waals surface area contributed by atoms with Gasteiger partial charge in [0.25, 0.3) is 0 Å². The second-order valence-electron chi connectivity index (χ2n) is 22.9. The Balaban J connectivity index is 0.000000336. The molecule has 28 nitrogen and oxygen atoms in total. The molecule has 0 saturated heterocycles. The summed E-state index contributed by atoms with van der Waals surface area (Å²) in [5.74, 6) is -0.0941. The van der Waals surface area contributed by atoms with Crippen molar-refractivity contribution in [3.05, 3.63) is 240 Å². The Bertz CT molecular complexity index is 4350. The van der Waals surface area contributed by atoms with Gasteiger partial charge in [0.05, 0.1) is 107 Å². The van der Waals surface area contributed by atoms with Gasteiger partial charge < -0.3 is 116 Å². The minimum absolute atomic E-state index is 0. The molecule has 12 rings (SSSR count). The van der Waals surface area contributed by atoms with Crippen molar-refractivity contribution in [2.75, 3.05) is 85.3 Å². The summed E-state index contributed by atoms with van der Waals surface area (Å²) in [4.78, 5) is 79.4. The quantitative estimate of drug-likeness (QED) is 0.0670. The number of aromatic nitrogens is 4. The van der Waals surface area contributed by atoms with E-state index in [2.05, 4.69) is 68.5 Å². The third kappa shape index (κ3) is 31.8. The topological polar surface area (TPSA) is 403 Å². The van der Waals surface area contributed by atoms with E-state index in [0.717, 1.165) is 43.6 Å². The van der Waals surface area contributed by atoms with E-state index in [4.69, 9.17) is 56.8 Å². The van der Waals surface area contributed by atoms with Crippen molar-refractivity contribution in [1.29, 1.82) is 0 Å². The van der Waals surface area contributed by atoms with E-state index >= 15 is 0 Å². The van der Waals surface area contributed by atoms with Gasteiger partial charge in [0.2, 0.25) is 0 Å². The molecule has 4 heterocycles. The van der Waals surface area contributed by atoms with E-state index in [9.17, 15) is 59.4 Å². The van der Waals surface area contributed by atoms with Crippen molar-refractivity contribution in [2.24, 2.45) is 0 Å². The van der Waals surface area contributed by atoms with Crippen molar-refractivity contribution in [3.63, 3.8) is 0 Å². The number of carboxylic acid groups (broad SMARTS) is 6.